The van der Waals surface area contributed by atoms with E-state index >= 15 is 0 Å². The molecule has 0 unspecified atom stereocenters. The van der Waals surface area contributed by atoms with Crippen molar-refractivity contribution in [2.45, 2.75) is 26.2 Å². The van der Waals surface area contributed by atoms with Crippen LogP contribution in [0, 0.1) is 0 Å². The lowest BCUT2D eigenvalue weighted by atomic mass is 9.86. The summed E-state index contributed by atoms with van der Waals surface area (Å²) in [5, 5.41) is 5.33. The monoisotopic (exact) mass is 317 g/mol. The molecule has 24 heavy (non-hydrogen) atoms. The van der Waals surface area contributed by atoms with Crippen LogP contribution in [0.2, 0.25) is 0 Å². The van der Waals surface area contributed by atoms with Crippen molar-refractivity contribution in [1.29, 1.82) is 0 Å². The average Bonchev–Trinajstić information content (AvgIpc) is 2.98. The first-order valence-electron chi connectivity index (χ1n) is 8.05. The fourth-order valence-corrected chi connectivity index (χ4v) is 2.97. The van der Waals surface area contributed by atoms with Crippen LogP contribution in [0.15, 0.2) is 59.4 Å². The molecule has 120 valence electrons. The first-order chi connectivity index (χ1) is 11.4. The highest BCUT2D eigenvalue weighted by atomic mass is 16.1. The SMILES string of the molecule is CC(C)(C)c1ccc(-c2cc3[nH]c(=O)c4ccccc4n3n2)cc1. The number of hydrogen-bond acceptors (Lipinski definition) is 2. The second-order valence-electron chi connectivity index (χ2n) is 7.13. The van der Waals surface area contributed by atoms with Crippen LogP contribution in [0.1, 0.15) is 26.3 Å². The van der Waals surface area contributed by atoms with Gasteiger partial charge in [-0.1, -0.05) is 57.2 Å². The first-order valence-corrected chi connectivity index (χ1v) is 8.05. The summed E-state index contributed by atoms with van der Waals surface area (Å²) in [4.78, 5) is 15.1. The predicted octanol–water partition coefficient (Wildman–Crippen LogP) is 4.14. The molecular weight excluding hydrogens is 298 g/mol. The molecule has 0 saturated carbocycles. The van der Waals surface area contributed by atoms with Gasteiger partial charge in [-0.3, -0.25) is 4.79 Å². The van der Waals surface area contributed by atoms with Gasteiger partial charge in [-0.15, -0.1) is 0 Å². The van der Waals surface area contributed by atoms with Crippen LogP contribution in [0.3, 0.4) is 0 Å². The maximum atomic E-state index is 12.2. The second kappa shape index (κ2) is 5.06. The minimum atomic E-state index is -0.0902. The summed E-state index contributed by atoms with van der Waals surface area (Å²) in [5.74, 6) is 0. The molecule has 0 amide bonds. The molecule has 4 aromatic rings. The number of nitrogens with one attached hydrogen (secondary N) is 1. The van der Waals surface area contributed by atoms with Crippen molar-refractivity contribution in [3.05, 3.63) is 70.5 Å². The van der Waals surface area contributed by atoms with E-state index in [1.165, 1.54) is 5.56 Å². The van der Waals surface area contributed by atoms with Crippen molar-refractivity contribution in [2.24, 2.45) is 0 Å². The third kappa shape index (κ3) is 2.31. The largest absolute Gasteiger partial charge is 0.306 e. The number of aromatic nitrogens is 3. The van der Waals surface area contributed by atoms with E-state index in [1.807, 2.05) is 30.3 Å². The van der Waals surface area contributed by atoms with Crippen molar-refractivity contribution in [2.75, 3.05) is 0 Å². The zero-order chi connectivity index (χ0) is 16.9. The molecule has 0 aliphatic heterocycles. The van der Waals surface area contributed by atoms with Crippen LogP contribution >= 0.6 is 0 Å². The lowest BCUT2D eigenvalue weighted by Gasteiger charge is -2.18. The molecule has 2 heterocycles. The number of aromatic amines is 1. The zero-order valence-corrected chi connectivity index (χ0v) is 14.0. The molecule has 0 spiro atoms. The topological polar surface area (TPSA) is 50.2 Å². The van der Waals surface area contributed by atoms with Crippen molar-refractivity contribution in [3.63, 3.8) is 0 Å². The standard InChI is InChI=1S/C20H19N3O/c1-20(2,3)14-10-8-13(9-11-14)16-12-18-21-19(24)15-6-4-5-7-17(15)23(18)22-16/h4-12H,1-3H3,(H,21,24). The summed E-state index contributed by atoms with van der Waals surface area (Å²) in [6.07, 6.45) is 0. The van der Waals surface area contributed by atoms with Crippen molar-refractivity contribution in [3.8, 4) is 11.3 Å². The van der Waals surface area contributed by atoms with Gasteiger partial charge in [0.2, 0.25) is 0 Å². The number of para-hydroxylation sites is 1. The molecule has 4 rings (SSSR count). The lowest BCUT2D eigenvalue weighted by Crippen LogP contribution is -2.10. The van der Waals surface area contributed by atoms with Gasteiger partial charge in [-0.2, -0.15) is 5.10 Å². The van der Waals surface area contributed by atoms with Crippen LogP contribution in [0.5, 0.6) is 0 Å². The number of H-pyrrole nitrogens is 1. The maximum Gasteiger partial charge on any atom is 0.259 e. The summed E-state index contributed by atoms with van der Waals surface area (Å²) in [5.41, 5.74) is 4.72. The molecule has 0 saturated heterocycles. The molecule has 2 aromatic heterocycles. The molecule has 0 bridgehead atoms. The van der Waals surface area contributed by atoms with Gasteiger partial charge in [-0.05, 0) is 23.1 Å². The Morgan fingerprint density at radius 3 is 2.42 bits per heavy atom. The van der Waals surface area contributed by atoms with E-state index in [0.717, 1.165) is 16.8 Å². The van der Waals surface area contributed by atoms with Crippen LogP contribution in [-0.4, -0.2) is 14.6 Å². The Hall–Kier alpha value is -2.88. The number of hydrogen-bond donors (Lipinski definition) is 1. The number of nitrogens with zero attached hydrogens (tertiary/aromatic N) is 2. The van der Waals surface area contributed by atoms with E-state index < -0.39 is 0 Å². The Morgan fingerprint density at radius 2 is 1.71 bits per heavy atom. The quantitative estimate of drug-likeness (QED) is 0.573. The predicted molar refractivity (Wildman–Crippen MR) is 97.5 cm³/mol. The summed E-state index contributed by atoms with van der Waals surface area (Å²) in [6.45, 7) is 6.59. The number of fused-ring (bicyclic) bond motifs is 3. The minimum absolute atomic E-state index is 0.0902. The Balaban J connectivity index is 1.89. The Bertz CT molecular complexity index is 1100. The van der Waals surface area contributed by atoms with Crippen molar-refractivity contribution >= 4 is 16.6 Å². The van der Waals surface area contributed by atoms with E-state index in [1.54, 1.807) is 4.52 Å². The van der Waals surface area contributed by atoms with Crippen LogP contribution in [-0.2, 0) is 5.41 Å². The van der Waals surface area contributed by atoms with Gasteiger partial charge in [0.25, 0.3) is 5.56 Å². The zero-order valence-electron chi connectivity index (χ0n) is 14.0. The Morgan fingerprint density at radius 1 is 1.00 bits per heavy atom. The smallest absolute Gasteiger partial charge is 0.259 e. The maximum absolute atomic E-state index is 12.2. The minimum Gasteiger partial charge on any atom is -0.306 e. The van der Waals surface area contributed by atoms with E-state index in [9.17, 15) is 4.79 Å². The van der Waals surface area contributed by atoms with Crippen molar-refractivity contribution < 1.29 is 0 Å². The molecule has 0 aliphatic carbocycles. The van der Waals surface area contributed by atoms with Gasteiger partial charge < -0.3 is 4.98 Å². The summed E-state index contributed by atoms with van der Waals surface area (Å²) >= 11 is 0. The molecule has 0 aliphatic rings. The molecule has 2 aromatic carbocycles. The van der Waals surface area contributed by atoms with E-state index in [-0.39, 0.29) is 11.0 Å². The highest BCUT2D eigenvalue weighted by Gasteiger charge is 2.14. The lowest BCUT2D eigenvalue weighted by molar-refractivity contribution is 0.590. The van der Waals surface area contributed by atoms with E-state index in [4.69, 9.17) is 5.10 Å². The van der Waals surface area contributed by atoms with Crippen molar-refractivity contribution in [1.82, 2.24) is 14.6 Å². The molecule has 4 nitrogen and oxygen atoms in total. The highest BCUT2D eigenvalue weighted by molar-refractivity contribution is 5.81. The first kappa shape index (κ1) is 14.7. The van der Waals surface area contributed by atoms with Crippen LogP contribution in [0.4, 0.5) is 0 Å². The molecule has 0 fully saturated rings. The van der Waals surface area contributed by atoms with Gasteiger partial charge >= 0.3 is 0 Å². The van der Waals surface area contributed by atoms with Gasteiger partial charge in [0.05, 0.1) is 16.6 Å². The van der Waals surface area contributed by atoms with E-state index in [2.05, 4.69) is 50.0 Å². The third-order valence-corrected chi connectivity index (χ3v) is 4.37. The molecule has 0 radical (unpaired) electrons. The summed E-state index contributed by atoms with van der Waals surface area (Å²) in [7, 11) is 0. The molecule has 0 atom stereocenters. The van der Waals surface area contributed by atoms with Gasteiger partial charge in [0, 0.05) is 11.6 Å². The fourth-order valence-electron chi connectivity index (χ4n) is 2.97. The molecule has 1 N–H and O–H groups in total. The van der Waals surface area contributed by atoms with Crippen LogP contribution in [0.25, 0.3) is 27.8 Å². The second-order valence-corrected chi connectivity index (χ2v) is 7.13. The Kier molecular flexibility index (Phi) is 3.10. The summed E-state index contributed by atoms with van der Waals surface area (Å²) in [6, 6.07) is 17.9. The Labute approximate surface area is 139 Å². The average molecular weight is 317 g/mol. The normalized spacial score (nSPS) is 12.1. The fraction of sp³-hybridized carbons (Fsp3) is 0.200. The van der Waals surface area contributed by atoms with E-state index in [0.29, 0.717) is 11.0 Å². The number of benzene rings is 2. The highest BCUT2D eigenvalue weighted by Crippen LogP contribution is 2.26. The molecular formula is C20H19N3O. The van der Waals surface area contributed by atoms with Gasteiger partial charge in [-0.25, -0.2) is 4.52 Å². The third-order valence-electron chi connectivity index (χ3n) is 4.37. The number of rotatable bonds is 1. The van der Waals surface area contributed by atoms with Crippen LogP contribution < -0.4 is 5.56 Å². The van der Waals surface area contributed by atoms with Gasteiger partial charge in [0.1, 0.15) is 5.65 Å². The van der Waals surface area contributed by atoms with Gasteiger partial charge in [0.15, 0.2) is 0 Å². The molecule has 4 heteroatoms. The summed E-state index contributed by atoms with van der Waals surface area (Å²) < 4.78 is 1.80.